The average molecular weight is 294 g/mol. The van der Waals surface area contributed by atoms with E-state index in [1.165, 1.54) is 31.2 Å². The second-order valence-electron chi connectivity index (χ2n) is 6.63. The fourth-order valence-electron chi connectivity index (χ4n) is 3.84. The van der Waals surface area contributed by atoms with E-state index in [0.29, 0.717) is 12.0 Å². The monoisotopic (exact) mass is 293 g/mol. The predicted octanol–water partition coefficient (Wildman–Crippen LogP) is 5.45. The molecule has 1 nitrogen and oxygen atoms in total. The third-order valence-electron chi connectivity index (χ3n) is 4.54. The van der Waals surface area contributed by atoms with Gasteiger partial charge >= 0.3 is 0 Å². The van der Waals surface area contributed by atoms with Gasteiger partial charge in [0, 0.05) is 11.1 Å². The topological polar surface area (TPSA) is 12.0 Å². The highest BCUT2D eigenvalue weighted by Crippen LogP contribution is 2.41. The van der Waals surface area contributed by atoms with Crippen molar-refractivity contribution in [2.45, 2.75) is 52.5 Å². The maximum atomic E-state index is 6.45. The summed E-state index contributed by atoms with van der Waals surface area (Å²) in [7, 11) is 0. The molecule has 0 spiro atoms. The van der Waals surface area contributed by atoms with Crippen molar-refractivity contribution in [2.24, 2.45) is 17.8 Å². The van der Waals surface area contributed by atoms with E-state index < -0.39 is 0 Å². The van der Waals surface area contributed by atoms with E-state index in [-0.39, 0.29) is 0 Å². The van der Waals surface area contributed by atoms with Crippen LogP contribution in [0.25, 0.3) is 0 Å². The Bertz CT molecular complexity index is 408. The fraction of sp³-hybridized carbons (Fsp3) is 0.667. The summed E-state index contributed by atoms with van der Waals surface area (Å²) in [6, 6.07) is 8.76. The number of rotatable bonds is 5. The standard InChI is InChI=1S/C18H28ClN/c1-4-9-20-18(16-7-5-6-8-17(16)19)15-11-13(2)10-14(3)12-15/h5-8,13-15,18,20H,4,9-12H2,1-3H3. The van der Waals surface area contributed by atoms with Crippen LogP contribution in [-0.4, -0.2) is 6.54 Å². The second-order valence-corrected chi connectivity index (χ2v) is 7.04. The Morgan fingerprint density at radius 2 is 1.80 bits per heavy atom. The highest BCUT2D eigenvalue weighted by atomic mass is 35.5. The van der Waals surface area contributed by atoms with Crippen molar-refractivity contribution >= 4 is 11.6 Å². The molecule has 0 amide bonds. The van der Waals surface area contributed by atoms with Crippen LogP contribution < -0.4 is 5.32 Å². The first-order chi connectivity index (χ1) is 9.61. The van der Waals surface area contributed by atoms with Crippen LogP contribution >= 0.6 is 11.6 Å². The van der Waals surface area contributed by atoms with Gasteiger partial charge in [-0.25, -0.2) is 0 Å². The molecule has 0 bridgehead atoms. The molecule has 3 atom stereocenters. The van der Waals surface area contributed by atoms with Gasteiger partial charge in [-0.2, -0.15) is 0 Å². The molecule has 1 aliphatic carbocycles. The number of benzene rings is 1. The zero-order valence-electron chi connectivity index (χ0n) is 13.0. The van der Waals surface area contributed by atoms with Crippen LogP contribution in [0.4, 0.5) is 0 Å². The molecule has 1 saturated carbocycles. The molecule has 1 aliphatic rings. The summed E-state index contributed by atoms with van der Waals surface area (Å²) in [6.07, 6.45) is 5.17. The fourth-order valence-corrected chi connectivity index (χ4v) is 4.09. The minimum Gasteiger partial charge on any atom is -0.310 e. The molecule has 3 unspecified atom stereocenters. The van der Waals surface area contributed by atoms with Gasteiger partial charge in [-0.15, -0.1) is 0 Å². The first kappa shape index (κ1) is 15.9. The predicted molar refractivity (Wildman–Crippen MR) is 88.2 cm³/mol. The molecule has 112 valence electrons. The first-order valence-corrected chi connectivity index (χ1v) is 8.47. The molecule has 0 aromatic heterocycles. The van der Waals surface area contributed by atoms with E-state index in [1.807, 2.05) is 12.1 Å². The molecule has 1 aromatic carbocycles. The maximum absolute atomic E-state index is 6.45. The minimum absolute atomic E-state index is 0.411. The Hall–Kier alpha value is -0.530. The van der Waals surface area contributed by atoms with Crippen LogP contribution in [0.2, 0.25) is 5.02 Å². The van der Waals surface area contributed by atoms with Crippen molar-refractivity contribution in [3.8, 4) is 0 Å². The third-order valence-corrected chi connectivity index (χ3v) is 4.89. The summed E-state index contributed by atoms with van der Waals surface area (Å²) in [4.78, 5) is 0. The van der Waals surface area contributed by atoms with Gasteiger partial charge in [0.1, 0.15) is 0 Å². The summed E-state index contributed by atoms with van der Waals surface area (Å²) in [5.74, 6) is 2.37. The van der Waals surface area contributed by atoms with E-state index in [9.17, 15) is 0 Å². The third kappa shape index (κ3) is 3.99. The number of nitrogens with one attached hydrogen (secondary N) is 1. The van der Waals surface area contributed by atoms with Crippen molar-refractivity contribution in [2.75, 3.05) is 6.54 Å². The van der Waals surface area contributed by atoms with Crippen LogP contribution in [0, 0.1) is 17.8 Å². The summed E-state index contributed by atoms with van der Waals surface area (Å²) in [5.41, 5.74) is 1.29. The van der Waals surface area contributed by atoms with Gasteiger partial charge in [0.2, 0.25) is 0 Å². The van der Waals surface area contributed by atoms with Crippen LogP contribution in [0.15, 0.2) is 24.3 Å². The van der Waals surface area contributed by atoms with Crippen LogP contribution in [0.1, 0.15) is 58.1 Å². The molecule has 0 radical (unpaired) electrons. The molecule has 0 saturated heterocycles. The Morgan fingerprint density at radius 1 is 1.15 bits per heavy atom. The van der Waals surface area contributed by atoms with Gasteiger partial charge in [0.15, 0.2) is 0 Å². The van der Waals surface area contributed by atoms with E-state index >= 15 is 0 Å². The van der Waals surface area contributed by atoms with Crippen molar-refractivity contribution in [1.82, 2.24) is 5.32 Å². The van der Waals surface area contributed by atoms with Gasteiger partial charge in [-0.05, 0) is 61.6 Å². The molecule has 0 heterocycles. The lowest BCUT2D eigenvalue weighted by Gasteiger charge is -2.37. The largest absolute Gasteiger partial charge is 0.310 e. The zero-order valence-corrected chi connectivity index (χ0v) is 13.8. The van der Waals surface area contributed by atoms with Crippen molar-refractivity contribution in [1.29, 1.82) is 0 Å². The maximum Gasteiger partial charge on any atom is 0.0453 e. The van der Waals surface area contributed by atoms with E-state index in [4.69, 9.17) is 11.6 Å². The summed E-state index contributed by atoms with van der Waals surface area (Å²) >= 11 is 6.45. The summed E-state index contributed by atoms with van der Waals surface area (Å²) in [6.45, 7) is 8.08. The summed E-state index contributed by atoms with van der Waals surface area (Å²) < 4.78 is 0. The summed E-state index contributed by atoms with van der Waals surface area (Å²) in [5, 5.41) is 4.66. The molecule has 1 N–H and O–H groups in total. The average Bonchev–Trinajstić information content (AvgIpc) is 2.40. The Kier molecular flexibility index (Phi) is 5.92. The Balaban J connectivity index is 2.20. The SMILES string of the molecule is CCCNC(c1ccccc1Cl)C1CC(C)CC(C)C1. The van der Waals surface area contributed by atoms with Crippen molar-refractivity contribution in [3.63, 3.8) is 0 Å². The highest BCUT2D eigenvalue weighted by molar-refractivity contribution is 6.31. The normalized spacial score (nSPS) is 28.3. The molecule has 20 heavy (non-hydrogen) atoms. The minimum atomic E-state index is 0.411. The van der Waals surface area contributed by atoms with E-state index in [2.05, 4.69) is 38.2 Å². The number of hydrogen-bond acceptors (Lipinski definition) is 1. The molecular weight excluding hydrogens is 266 g/mol. The van der Waals surface area contributed by atoms with Crippen molar-refractivity contribution < 1.29 is 0 Å². The van der Waals surface area contributed by atoms with Crippen LogP contribution in [0.5, 0.6) is 0 Å². The molecular formula is C18H28ClN. The first-order valence-electron chi connectivity index (χ1n) is 8.09. The van der Waals surface area contributed by atoms with Gasteiger partial charge < -0.3 is 5.32 Å². The second kappa shape index (κ2) is 7.47. The molecule has 1 aromatic rings. The lowest BCUT2D eigenvalue weighted by molar-refractivity contribution is 0.176. The van der Waals surface area contributed by atoms with Gasteiger partial charge in [0.25, 0.3) is 0 Å². The molecule has 2 heteroatoms. The van der Waals surface area contributed by atoms with Gasteiger partial charge in [-0.3, -0.25) is 0 Å². The van der Waals surface area contributed by atoms with E-state index in [0.717, 1.165) is 23.4 Å². The Morgan fingerprint density at radius 3 is 2.40 bits per heavy atom. The van der Waals surface area contributed by atoms with Crippen LogP contribution in [0.3, 0.4) is 0 Å². The van der Waals surface area contributed by atoms with Crippen LogP contribution in [-0.2, 0) is 0 Å². The van der Waals surface area contributed by atoms with Gasteiger partial charge in [0.05, 0.1) is 0 Å². The van der Waals surface area contributed by atoms with Crippen molar-refractivity contribution in [3.05, 3.63) is 34.9 Å². The zero-order chi connectivity index (χ0) is 14.5. The molecule has 1 fully saturated rings. The lowest BCUT2D eigenvalue weighted by atomic mass is 9.72. The lowest BCUT2D eigenvalue weighted by Crippen LogP contribution is -2.34. The number of hydrogen-bond donors (Lipinski definition) is 1. The molecule has 0 aliphatic heterocycles. The number of halogens is 1. The molecule has 2 rings (SSSR count). The quantitative estimate of drug-likeness (QED) is 0.761. The van der Waals surface area contributed by atoms with E-state index in [1.54, 1.807) is 0 Å². The van der Waals surface area contributed by atoms with Gasteiger partial charge in [-0.1, -0.05) is 50.6 Å². The Labute approximate surface area is 129 Å². The smallest absolute Gasteiger partial charge is 0.0453 e. The highest BCUT2D eigenvalue weighted by Gasteiger charge is 2.31.